The fourth-order valence-electron chi connectivity index (χ4n) is 5.30. The van der Waals surface area contributed by atoms with Crippen molar-refractivity contribution in [2.24, 2.45) is 17.3 Å². The van der Waals surface area contributed by atoms with Gasteiger partial charge in [0.1, 0.15) is 11.9 Å². The molecule has 0 aromatic heterocycles. The summed E-state index contributed by atoms with van der Waals surface area (Å²) in [4.78, 5) is 14.6. The first-order chi connectivity index (χ1) is 14.0. The molecule has 169 valence electrons. The van der Waals surface area contributed by atoms with Crippen molar-refractivity contribution in [1.29, 1.82) is 0 Å². The first-order valence-electron chi connectivity index (χ1n) is 11.2. The molecule has 1 saturated heterocycles. The summed E-state index contributed by atoms with van der Waals surface area (Å²) in [5, 5.41) is 10.2. The van der Waals surface area contributed by atoms with Crippen LogP contribution in [-0.2, 0) is 9.22 Å². The van der Waals surface area contributed by atoms with Crippen LogP contribution in [0.4, 0.5) is 4.39 Å². The van der Waals surface area contributed by atoms with Gasteiger partial charge in [0.05, 0.1) is 0 Å². The summed E-state index contributed by atoms with van der Waals surface area (Å²) in [6, 6.07) is 6.26. The van der Waals surface area contributed by atoms with E-state index < -0.39 is 21.1 Å². The number of likely N-dealkylation sites (tertiary alicyclic amines) is 1. The maximum atomic E-state index is 14.1. The second-order valence-electron chi connectivity index (χ2n) is 9.90. The molecule has 30 heavy (non-hydrogen) atoms. The lowest BCUT2D eigenvalue weighted by Gasteiger charge is -2.40. The highest BCUT2D eigenvalue weighted by molar-refractivity contribution is 6.48. The Morgan fingerprint density at radius 2 is 1.93 bits per heavy atom. The number of halogens is 1. The van der Waals surface area contributed by atoms with E-state index in [0.717, 1.165) is 18.4 Å². The average molecular weight is 437 g/mol. The fraction of sp³-hybridized carbons (Fsp3) is 0.708. The molecule has 1 aliphatic heterocycles. The lowest BCUT2D eigenvalue weighted by molar-refractivity contribution is -0.147. The van der Waals surface area contributed by atoms with Crippen molar-refractivity contribution in [3.63, 3.8) is 0 Å². The molecule has 2 rings (SSSR count). The van der Waals surface area contributed by atoms with Gasteiger partial charge in [-0.15, -0.1) is 0 Å². The molecule has 0 spiro atoms. The molecular weight excluding hydrogens is 397 g/mol. The van der Waals surface area contributed by atoms with Gasteiger partial charge in [-0.2, -0.15) is 0 Å². The number of nitrogens with zero attached hydrogens (tertiary/aromatic N) is 1. The number of aliphatic carboxylic acids is 1. The van der Waals surface area contributed by atoms with Crippen molar-refractivity contribution < 1.29 is 18.7 Å². The van der Waals surface area contributed by atoms with Crippen LogP contribution in [0.2, 0.25) is 13.1 Å². The van der Waals surface area contributed by atoms with Crippen LogP contribution in [0.3, 0.4) is 0 Å². The van der Waals surface area contributed by atoms with Gasteiger partial charge >= 0.3 is 5.97 Å². The van der Waals surface area contributed by atoms with E-state index in [9.17, 15) is 14.3 Å². The molecule has 1 fully saturated rings. The van der Waals surface area contributed by atoms with E-state index in [4.69, 9.17) is 4.43 Å². The third-order valence-corrected chi connectivity index (χ3v) is 7.35. The van der Waals surface area contributed by atoms with E-state index in [1.165, 1.54) is 6.07 Å². The highest BCUT2D eigenvalue weighted by Crippen LogP contribution is 2.48. The van der Waals surface area contributed by atoms with Gasteiger partial charge in [-0.05, 0) is 48.0 Å². The van der Waals surface area contributed by atoms with E-state index >= 15 is 0 Å². The standard InChI is InChI=1S/C24H39FNO3Si/c1-8-16(9-2)22(23(27)28)26-14-19(17-11-10-12-18(25)13-17)21(24(3,4)5)20(26)15-29-30(6)7/h10-13,16,19-22H,8-9,14-15H2,1-7H3,(H,27,28)/t19-,20?,21+,22?/m1/s1. The summed E-state index contributed by atoms with van der Waals surface area (Å²) in [5.41, 5.74) is 0.875. The van der Waals surface area contributed by atoms with Crippen LogP contribution in [0, 0.1) is 23.1 Å². The van der Waals surface area contributed by atoms with Gasteiger partial charge in [0.2, 0.25) is 9.04 Å². The molecule has 4 nitrogen and oxygen atoms in total. The average Bonchev–Trinajstić information content (AvgIpc) is 3.03. The van der Waals surface area contributed by atoms with Gasteiger partial charge in [0, 0.05) is 25.1 Å². The Morgan fingerprint density at radius 1 is 1.30 bits per heavy atom. The van der Waals surface area contributed by atoms with E-state index in [0.29, 0.717) is 13.2 Å². The number of carboxylic acids is 1. The van der Waals surface area contributed by atoms with Crippen molar-refractivity contribution in [3.8, 4) is 0 Å². The van der Waals surface area contributed by atoms with Crippen LogP contribution in [0.25, 0.3) is 0 Å². The Labute approximate surface area is 183 Å². The van der Waals surface area contributed by atoms with Crippen LogP contribution in [0.1, 0.15) is 58.9 Å². The second-order valence-corrected chi connectivity index (χ2v) is 12.0. The Bertz CT molecular complexity index is 702. The summed E-state index contributed by atoms with van der Waals surface area (Å²) in [6.07, 6.45) is 1.64. The largest absolute Gasteiger partial charge is 0.480 e. The summed E-state index contributed by atoms with van der Waals surface area (Å²) < 4.78 is 20.2. The van der Waals surface area contributed by atoms with E-state index in [1.807, 2.05) is 6.07 Å². The molecule has 0 saturated carbocycles. The Hall–Kier alpha value is -1.24. The van der Waals surface area contributed by atoms with Gasteiger partial charge < -0.3 is 9.53 Å². The zero-order chi connectivity index (χ0) is 22.6. The second kappa shape index (κ2) is 10.4. The van der Waals surface area contributed by atoms with Crippen LogP contribution < -0.4 is 0 Å². The maximum Gasteiger partial charge on any atom is 0.321 e. The fourth-order valence-corrected chi connectivity index (χ4v) is 5.81. The Balaban J connectivity index is 2.56. The zero-order valence-electron chi connectivity index (χ0n) is 19.6. The SMILES string of the molecule is CCC(CC)C(C(=O)O)N1C[C@H](c2cccc(F)c2)[C@H](C(C)(C)C)C1CO[Si](C)C. The number of hydrogen-bond acceptors (Lipinski definition) is 3. The molecule has 1 aromatic rings. The van der Waals surface area contributed by atoms with Crippen LogP contribution in [0.5, 0.6) is 0 Å². The lowest BCUT2D eigenvalue weighted by Crippen LogP contribution is -2.52. The molecule has 1 N–H and O–H groups in total. The van der Waals surface area contributed by atoms with Gasteiger partial charge in [-0.3, -0.25) is 9.69 Å². The first-order valence-corrected chi connectivity index (χ1v) is 13.6. The highest BCUT2D eigenvalue weighted by atomic mass is 28.3. The van der Waals surface area contributed by atoms with Gasteiger partial charge in [0.15, 0.2) is 0 Å². The number of carboxylic acid groups (broad SMARTS) is 1. The smallest absolute Gasteiger partial charge is 0.321 e. The van der Waals surface area contributed by atoms with Crippen molar-refractivity contribution in [3.05, 3.63) is 35.6 Å². The normalized spacial score (nSPS) is 24.0. The highest BCUT2D eigenvalue weighted by Gasteiger charge is 2.52. The van der Waals surface area contributed by atoms with Gasteiger partial charge in [-0.25, -0.2) is 4.39 Å². The topological polar surface area (TPSA) is 49.8 Å². The third kappa shape index (κ3) is 5.71. The van der Waals surface area contributed by atoms with Crippen LogP contribution in [0.15, 0.2) is 24.3 Å². The molecule has 1 heterocycles. The molecular formula is C24H39FNO3Si. The quantitative estimate of drug-likeness (QED) is 0.526. The molecule has 2 unspecified atom stereocenters. The molecule has 0 bridgehead atoms. The van der Waals surface area contributed by atoms with E-state index in [1.54, 1.807) is 12.1 Å². The zero-order valence-corrected chi connectivity index (χ0v) is 20.6. The van der Waals surface area contributed by atoms with Crippen LogP contribution >= 0.6 is 0 Å². The van der Waals surface area contributed by atoms with Gasteiger partial charge in [0.25, 0.3) is 0 Å². The number of benzene rings is 1. The maximum absolute atomic E-state index is 14.1. The van der Waals surface area contributed by atoms with Gasteiger partial charge in [-0.1, -0.05) is 59.6 Å². The monoisotopic (exact) mass is 436 g/mol. The first kappa shape index (κ1) is 25.0. The lowest BCUT2D eigenvalue weighted by atomic mass is 9.69. The Morgan fingerprint density at radius 3 is 2.40 bits per heavy atom. The Kier molecular flexibility index (Phi) is 8.66. The minimum atomic E-state index is -0.911. The number of hydrogen-bond donors (Lipinski definition) is 1. The summed E-state index contributed by atoms with van der Waals surface area (Å²) in [6.45, 7) is 16.1. The molecule has 4 atom stereocenters. The summed E-state index contributed by atoms with van der Waals surface area (Å²) in [7, 11) is -0.911. The summed E-state index contributed by atoms with van der Waals surface area (Å²) in [5.74, 6) is -0.703. The minimum absolute atomic E-state index is 0.0140. The predicted octanol–water partition coefficient (Wildman–Crippen LogP) is 5.41. The molecule has 1 aliphatic rings. The predicted molar refractivity (Wildman–Crippen MR) is 122 cm³/mol. The molecule has 1 aromatic carbocycles. The van der Waals surface area contributed by atoms with Crippen molar-refractivity contribution >= 4 is 15.0 Å². The van der Waals surface area contributed by atoms with Crippen LogP contribution in [-0.4, -0.2) is 50.3 Å². The number of carbonyl (C=O) groups is 1. The molecule has 0 aliphatic carbocycles. The minimum Gasteiger partial charge on any atom is -0.480 e. The van der Waals surface area contributed by atoms with E-state index in [-0.39, 0.29) is 35.0 Å². The molecule has 1 radical (unpaired) electrons. The third-order valence-electron chi connectivity index (χ3n) is 6.61. The molecule has 6 heteroatoms. The summed E-state index contributed by atoms with van der Waals surface area (Å²) >= 11 is 0. The van der Waals surface area contributed by atoms with E-state index in [2.05, 4.69) is 52.6 Å². The molecule has 0 amide bonds. The van der Waals surface area contributed by atoms with Crippen molar-refractivity contribution in [1.82, 2.24) is 4.90 Å². The van der Waals surface area contributed by atoms with Crippen molar-refractivity contribution in [2.45, 2.75) is 78.6 Å². The number of rotatable bonds is 9. The van der Waals surface area contributed by atoms with Crippen molar-refractivity contribution in [2.75, 3.05) is 13.2 Å².